The lowest BCUT2D eigenvalue weighted by atomic mass is 9.82. The van der Waals surface area contributed by atoms with Gasteiger partial charge in [0.05, 0.1) is 5.38 Å². The molecule has 0 aliphatic heterocycles. The predicted octanol–water partition coefficient (Wildman–Crippen LogP) is 6.01. The van der Waals surface area contributed by atoms with Crippen molar-refractivity contribution in [3.63, 3.8) is 0 Å². The maximum atomic E-state index is 6.87. The Kier molecular flexibility index (Phi) is 3.79. The van der Waals surface area contributed by atoms with Crippen LogP contribution < -0.4 is 0 Å². The largest absolute Gasteiger partial charge is 0.117 e. The maximum absolute atomic E-state index is 6.87. The molecule has 0 bridgehead atoms. The predicted molar refractivity (Wildman–Crippen MR) is 83.9 cm³/mol. The topological polar surface area (TPSA) is 0 Å². The van der Waals surface area contributed by atoms with Crippen molar-refractivity contribution in [2.75, 3.05) is 0 Å². The molecule has 1 saturated carbocycles. The van der Waals surface area contributed by atoms with Crippen molar-refractivity contribution in [3.8, 4) is 0 Å². The molecule has 2 aromatic rings. The van der Waals surface area contributed by atoms with E-state index in [1.165, 1.54) is 54.0 Å². The molecule has 1 aliphatic rings. The van der Waals surface area contributed by atoms with Crippen molar-refractivity contribution in [1.29, 1.82) is 0 Å². The Morgan fingerprint density at radius 2 is 1.74 bits per heavy atom. The Hall–Kier alpha value is -1.01. The summed E-state index contributed by atoms with van der Waals surface area (Å²) in [5.74, 6) is 0.653. The van der Waals surface area contributed by atoms with Gasteiger partial charge in [-0.1, -0.05) is 55.7 Å². The molecule has 100 valence electrons. The van der Waals surface area contributed by atoms with Crippen molar-refractivity contribution >= 4 is 22.4 Å². The Morgan fingerprint density at radius 1 is 1.00 bits per heavy atom. The first kappa shape index (κ1) is 13.0. The maximum Gasteiger partial charge on any atom is 0.0622 e. The number of aryl methyl sites for hydroxylation is 1. The average molecular weight is 273 g/mol. The third-order valence-electron chi connectivity index (χ3n) is 4.53. The Bertz CT molecular complexity index is 567. The second kappa shape index (κ2) is 5.54. The standard InChI is InChI=1S/C18H21Cl/c1-13-11-12-14-7-5-6-10-16(14)17(13)18(19)15-8-3-2-4-9-15/h5-7,10-12,15,18H,2-4,8-9H2,1H3. The minimum absolute atomic E-state index is 0.173. The molecule has 0 nitrogen and oxygen atoms in total. The Labute approximate surface area is 120 Å². The van der Waals surface area contributed by atoms with Crippen LogP contribution in [0.2, 0.25) is 0 Å². The number of benzene rings is 2. The van der Waals surface area contributed by atoms with Crippen LogP contribution in [0.25, 0.3) is 10.8 Å². The summed E-state index contributed by atoms with van der Waals surface area (Å²) in [7, 11) is 0. The normalized spacial score (nSPS) is 18.6. The van der Waals surface area contributed by atoms with E-state index in [1.807, 2.05) is 0 Å². The first-order chi connectivity index (χ1) is 9.27. The Balaban J connectivity index is 2.05. The van der Waals surface area contributed by atoms with E-state index < -0.39 is 0 Å². The molecule has 2 aromatic carbocycles. The zero-order valence-electron chi connectivity index (χ0n) is 11.5. The van der Waals surface area contributed by atoms with E-state index in [0.29, 0.717) is 5.92 Å². The van der Waals surface area contributed by atoms with Gasteiger partial charge in [-0.25, -0.2) is 0 Å². The molecule has 0 radical (unpaired) electrons. The molecule has 1 aliphatic carbocycles. The van der Waals surface area contributed by atoms with E-state index in [0.717, 1.165) is 0 Å². The van der Waals surface area contributed by atoms with Gasteiger partial charge in [0.2, 0.25) is 0 Å². The number of fused-ring (bicyclic) bond motifs is 1. The van der Waals surface area contributed by atoms with Gasteiger partial charge in [-0.3, -0.25) is 0 Å². The summed E-state index contributed by atoms with van der Waals surface area (Å²) in [6.07, 6.45) is 6.65. The van der Waals surface area contributed by atoms with Gasteiger partial charge in [0, 0.05) is 0 Å². The zero-order chi connectivity index (χ0) is 13.2. The van der Waals surface area contributed by atoms with E-state index >= 15 is 0 Å². The van der Waals surface area contributed by atoms with Crippen molar-refractivity contribution in [2.45, 2.75) is 44.4 Å². The van der Waals surface area contributed by atoms with Gasteiger partial charge in [-0.05, 0) is 47.6 Å². The number of halogens is 1. The van der Waals surface area contributed by atoms with Crippen molar-refractivity contribution < 1.29 is 0 Å². The third-order valence-corrected chi connectivity index (χ3v) is 5.10. The molecule has 1 unspecified atom stereocenters. The fraction of sp³-hybridized carbons (Fsp3) is 0.444. The summed E-state index contributed by atoms with van der Waals surface area (Å²) in [5.41, 5.74) is 2.70. The van der Waals surface area contributed by atoms with Crippen molar-refractivity contribution in [1.82, 2.24) is 0 Å². The van der Waals surface area contributed by atoms with Crippen LogP contribution in [0.1, 0.15) is 48.6 Å². The van der Waals surface area contributed by atoms with Crippen LogP contribution in [0.4, 0.5) is 0 Å². The van der Waals surface area contributed by atoms with Crippen LogP contribution in [0.15, 0.2) is 36.4 Å². The lowest BCUT2D eigenvalue weighted by Gasteiger charge is -2.28. The molecular formula is C18H21Cl. The fourth-order valence-electron chi connectivity index (χ4n) is 3.43. The van der Waals surface area contributed by atoms with E-state index in [4.69, 9.17) is 11.6 Å². The summed E-state index contributed by atoms with van der Waals surface area (Å²) in [5, 5.41) is 2.82. The van der Waals surface area contributed by atoms with Crippen LogP contribution in [-0.4, -0.2) is 0 Å². The van der Waals surface area contributed by atoms with Crippen LogP contribution in [-0.2, 0) is 0 Å². The van der Waals surface area contributed by atoms with Gasteiger partial charge in [-0.15, -0.1) is 11.6 Å². The third kappa shape index (κ3) is 2.51. The molecule has 1 fully saturated rings. The van der Waals surface area contributed by atoms with E-state index in [-0.39, 0.29) is 5.38 Å². The van der Waals surface area contributed by atoms with Gasteiger partial charge in [0.1, 0.15) is 0 Å². The monoisotopic (exact) mass is 272 g/mol. The van der Waals surface area contributed by atoms with E-state index in [2.05, 4.69) is 43.3 Å². The van der Waals surface area contributed by atoms with Gasteiger partial charge in [-0.2, -0.15) is 0 Å². The van der Waals surface area contributed by atoms with Gasteiger partial charge in [0.25, 0.3) is 0 Å². The average Bonchev–Trinajstić information content (AvgIpc) is 2.47. The minimum Gasteiger partial charge on any atom is -0.117 e. The molecule has 19 heavy (non-hydrogen) atoms. The first-order valence-electron chi connectivity index (χ1n) is 7.39. The van der Waals surface area contributed by atoms with Crippen LogP contribution in [0, 0.1) is 12.8 Å². The summed E-state index contributed by atoms with van der Waals surface area (Å²) < 4.78 is 0. The molecule has 0 spiro atoms. The number of alkyl halides is 1. The van der Waals surface area contributed by atoms with Crippen molar-refractivity contribution in [3.05, 3.63) is 47.5 Å². The van der Waals surface area contributed by atoms with Crippen LogP contribution >= 0.6 is 11.6 Å². The van der Waals surface area contributed by atoms with Crippen molar-refractivity contribution in [2.24, 2.45) is 5.92 Å². The highest BCUT2D eigenvalue weighted by atomic mass is 35.5. The van der Waals surface area contributed by atoms with Crippen LogP contribution in [0.3, 0.4) is 0 Å². The zero-order valence-corrected chi connectivity index (χ0v) is 12.3. The lowest BCUT2D eigenvalue weighted by molar-refractivity contribution is 0.349. The molecule has 0 saturated heterocycles. The highest BCUT2D eigenvalue weighted by Crippen LogP contribution is 2.42. The van der Waals surface area contributed by atoms with Gasteiger partial charge in [0.15, 0.2) is 0 Å². The first-order valence-corrected chi connectivity index (χ1v) is 7.83. The minimum atomic E-state index is 0.173. The van der Waals surface area contributed by atoms with E-state index in [1.54, 1.807) is 0 Å². The molecule has 0 N–H and O–H groups in total. The Morgan fingerprint density at radius 3 is 2.53 bits per heavy atom. The summed E-state index contributed by atoms with van der Waals surface area (Å²) in [4.78, 5) is 0. The summed E-state index contributed by atoms with van der Waals surface area (Å²) >= 11 is 6.87. The lowest BCUT2D eigenvalue weighted by Crippen LogP contribution is -2.13. The summed E-state index contributed by atoms with van der Waals surface area (Å²) in [6.45, 7) is 2.19. The van der Waals surface area contributed by atoms with Crippen LogP contribution in [0.5, 0.6) is 0 Å². The molecule has 1 heteroatoms. The second-order valence-electron chi connectivity index (χ2n) is 5.82. The molecule has 3 rings (SSSR count). The molecule has 1 atom stereocenters. The van der Waals surface area contributed by atoms with Gasteiger partial charge >= 0.3 is 0 Å². The molecular weight excluding hydrogens is 252 g/mol. The SMILES string of the molecule is Cc1ccc2ccccc2c1C(Cl)C1CCCCC1. The fourth-order valence-corrected chi connectivity index (χ4v) is 3.97. The quantitative estimate of drug-likeness (QED) is 0.588. The molecule has 0 amide bonds. The smallest absolute Gasteiger partial charge is 0.0622 e. The molecule has 0 heterocycles. The molecule has 0 aromatic heterocycles. The summed E-state index contributed by atoms with van der Waals surface area (Å²) in [6, 6.07) is 13.0. The number of hydrogen-bond acceptors (Lipinski definition) is 0. The van der Waals surface area contributed by atoms with Gasteiger partial charge < -0.3 is 0 Å². The number of hydrogen-bond donors (Lipinski definition) is 0. The van der Waals surface area contributed by atoms with E-state index in [9.17, 15) is 0 Å². The number of rotatable bonds is 2. The highest BCUT2D eigenvalue weighted by molar-refractivity contribution is 6.22. The highest BCUT2D eigenvalue weighted by Gasteiger charge is 2.25. The second-order valence-corrected chi connectivity index (χ2v) is 6.29.